The molecule has 30 heavy (non-hydrogen) atoms. The molecule has 0 saturated carbocycles. The number of hydrogen-bond acceptors (Lipinski definition) is 6. The van der Waals surface area contributed by atoms with Gasteiger partial charge in [-0.05, 0) is 18.2 Å². The standard InChI is InChI=1S/C22H20ClNO6/c1-22(2,3)18(25)11-30-21(28)14-9-15(23)16(10-17(14)29-4)24-19(26)12-7-5-6-8-13(12)20(24)27/h5-10H,11H2,1-4H3. The zero-order valence-corrected chi connectivity index (χ0v) is 17.7. The third-order valence-electron chi connectivity index (χ3n) is 4.69. The van der Waals surface area contributed by atoms with Crippen LogP contribution in [0.2, 0.25) is 5.02 Å². The fourth-order valence-electron chi connectivity index (χ4n) is 2.88. The lowest BCUT2D eigenvalue weighted by Gasteiger charge is -2.19. The van der Waals surface area contributed by atoms with Crippen LogP contribution in [0.15, 0.2) is 36.4 Å². The molecule has 0 saturated heterocycles. The topological polar surface area (TPSA) is 90.0 Å². The van der Waals surface area contributed by atoms with E-state index in [1.165, 1.54) is 19.2 Å². The first kappa shape index (κ1) is 21.5. The Labute approximate surface area is 178 Å². The maximum atomic E-state index is 12.7. The minimum atomic E-state index is -0.805. The number of Topliss-reactive ketones (excluding diaryl/α,β-unsaturated/α-hetero) is 1. The summed E-state index contributed by atoms with van der Waals surface area (Å²) in [6.07, 6.45) is 0. The summed E-state index contributed by atoms with van der Waals surface area (Å²) >= 11 is 6.31. The van der Waals surface area contributed by atoms with Crippen LogP contribution in [0.5, 0.6) is 5.75 Å². The van der Waals surface area contributed by atoms with E-state index in [1.54, 1.807) is 45.0 Å². The molecule has 0 aromatic heterocycles. The number of imide groups is 1. The van der Waals surface area contributed by atoms with Crippen LogP contribution in [0.3, 0.4) is 0 Å². The molecule has 2 aromatic carbocycles. The molecule has 0 N–H and O–H groups in total. The first-order chi connectivity index (χ1) is 14.1. The summed E-state index contributed by atoms with van der Waals surface area (Å²) in [5.74, 6) is -2.04. The van der Waals surface area contributed by atoms with Crippen LogP contribution in [0, 0.1) is 5.41 Å². The Balaban J connectivity index is 1.92. The van der Waals surface area contributed by atoms with E-state index in [2.05, 4.69) is 0 Å². The normalized spacial score (nSPS) is 13.3. The van der Waals surface area contributed by atoms with E-state index < -0.39 is 29.8 Å². The van der Waals surface area contributed by atoms with Crippen molar-refractivity contribution in [3.63, 3.8) is 0 Å². The number of nitrogens with zero attached hydrogens (tertiary/aromatic N) is 1. The molecule has 3 rings (SSSR count). The first-order valence-corrected chi connectivity index (χ1v) is 9.50. The molecule has 0 bridgehead atoms. The van der Waals surface area contributed by atoms with Crippen LogP contribution in [-0.4, -0.2) is 37.3 Å². The third kappa shape index (κ3) is 3.80. The number of amides is 2. The van der Waals surface area contributed by atoms with Gasteiger partial charge in [0.2, 0.25) is 0 Å². The van der Waals surface area contributed by atoms with Crippen molar-refractivity contribution in [3.8, 4) is 5.75 Å². The fourth-order valence-corrected chi connectivity index (χ4v) is 3.12. The highest BCUT2D eigenvalue weighted by Crippen LogP contribution is 2.38. The number of fused-ring (bicyclic) bond motifs is 1. The van der Waals surface area contributed by atoms with Gasteiger partial charge < -0.3 is 9.47 Å². The number of ketones is 1. The molecular weight excluding hydrogens is 410 g/mol. The van der Waals surface area contributed by atoms with E-state index in [-0.39, 0.29) is 38.9 Å². The van der Waals surface area contributed by atoms with Crippen molar-refractivity contribution < 1.29 is 28.7 Å². The fraction of sp³-hybridized carbons (Fsp3) is 0.273. The monoisotopic (exact) mass is 429 g/mol. The molecule has 0 aliphatic carbocycles. The molecule has 0 radical (unpaired) electrons. The average Bonchev–Trinajstić information content (AvgIpc) is 2.95. The minimum absolute atomic E-state index is 0.0144. The van der Waals surface area contributed by atoms with Gasteiger partial charge in [0.05, 0.1) is 28.9 Å². The van der Waals surface area contributed by atoms with E-state index in [0.29, 0.717) is 0 Å². The third-order valence-corrected chi connectivity index (χ3v) is 5.00. The average molecular weight is 430 g/mol. The van der Waals surface area contributed by atoms with Crippen LogP contribution in [-0.2, 0) is 9.53 Å². The highest BCUT2D eigenvalue weighted by atomic mass is 35.5. The second kappa shape index (κ2) is 7.91. The van der Waals surface area contributed by atoms with Crippen LogP contribution in [0.1, 0.15) is 51.8 Å². The molecule has 7 nitrogen and oxygen atoms in total. The lowest BCUT2D eigenvalue weighted by Crippen LogP contribution is -2.30. The van der Waals surface area contributed by atoms with E-state index in [9.17, 15) is 19.2 Å². The van der Waals surface area contributed by atoms with Gasteiger partial charge in [-0.3, -0.25) is 14.4 Å². The Morgan fingerprint density at radius 2 is 1.60 bits per heavy atom. The van der Waals surface area contributed by atoms with Crippen molar-refractivity contribution >= 4 is 40.9 Å². The molecule has 1 heterocycles. The van der Waals surface area contributed by atoms with E-state index in [0.717, 1.165) is 4.90 Å². The molecule has 0 atom stereocenters. The van der Waals surface area contributed by atoms with Gasteiger partial charge in [0.15, 0.2) is 12.4 Å². The Bertz CT molecular complexity index is 1030. The van der Waals surface area contributed by atoms with Gasteiger partial charge in [0.25, 0.3) is 11.8 Å². The number of carbonyl (C=O) groups excluding carboxylic acids is 4. The number of benzene rings is 2. The number of rotatable bonds is 5. The van der Waals surface area contributed by atoms with Crippen molar-refractivity contribution in [2.24, 2.45) is 5.41 Å². The zero-order valence-electron chi connectivity index (χ0n) is 16.9. The first-order valence-electron chi connectivity index (χ1n) is 9.12. The van der Waals surface area contributed by atoms with E-state index in [4.69, 9.17) is 21.1 Å². The summed E-state index contributed by atoms with van der Waals surface area (Å²) in [5, 5.41) is -0.0144. The second-order valence-corrected chi connectivity index (χ2v) is 8.15. The maximum Gasteiger partial charge on any atom is 0.342 e. The van der Waals surface area contributed by atoms with Crippen LogP contribution < -0.4 is 9.64 Å². The van der Waals surface area contributed by atoms with Crippen molar-refractivity contribution in [2.45, 2.75) is 20.8 Å². The predicted molar refractivity (Wildman–Crippen MR) is 110 cm³/mol. The molecule has 8 heteroatoms. The number of halogens is 1. The van der Waals surface area contributed by atoms with Gasteiger partial charge in [0.1, 0.15) is 11.3 Å². The largest absolute Gasteiger partial charge is 0.496 e. The van der Waals surface area contributed by atoms with Gasteiger partial charge in [-0.25, -0.2) is 9.69 Å². The SMILES string of the molecule is COc1cc(N2C(=O)c3ccccc3C2=O)c(Cl)cc1C(=O)OCC(=O)C(C)(C)C. The Hall–Kier alpha value is -3.19. The van der Waals surface area contributed by atoms with Crippen LogP contribution in [0.25, 0.3) is 0 Å². The lowest BCUT2D eigenvalue weighted by molar-refractivity contribution is -0.129. The van der Waals surface area contributed by atoms with Crippen molar-refractivity contribution in [2.75, 3.05) is 18.6 Å². The number of methoxy groups -OCH3 is 1. The Kier molecular flexibility index (Phi) is 5.67. The highest BCUT2D eigenvalue weighted by Gasteiger charge is 2.38. The molecule has 0 fully saturated rings. The van der Waals surface area contributed by atoms with Crippen molar-refractivity contribution in [1.82, 2.24) is 0 Å². The number of anilines is 1. The van der Waals surface area contributed by atoms with Crippen LogP contribution >= 0.6 is 11.6 Å². The minimum Gasteiger partial charge on any atom is -0.496 e. The van der Waals surface area contributed by atoms with Gasteiger partial charge in [-0.1, -0.05) is 44.5 Å². The second-order valence-electron chi connectivity index (χ2n) is 7.74. The van der Waals surface area contributed by atoms with Gasteiger partial charge in [-0.15, -0.1) is 0 Å². The number of hydrogen-bond donors (Lipinski definition) is 0. The molecule has 0 spiro atoms. The molecule has 156 valence electrons. The molecular formula is C22H20ClNO6. The molecule has 2 aromatic rings. The maximum absolute atomic E-state index is 12.7. The van der Waals surface area contributed by atoms with Crippen molar-refractivity contribution in [1.29, 1.82) is 0 Å². The number of ether oxygens (including phenoxy) is 2. The molecule has 1 aliphatic heterocycles. The van der Waals surface area contributed by atoms with Gasteiger partial charge in [-0.2, -0.15) is 0 Å². The van der Waals surface area contributed by atoms with Crippen LogP contribution in [0.4, 0.5) is 5.69 Å². The molecule has 2 amide bonds. The Morgan fingerprint density at radius 3 is 2.10 bits per heavy atom. The summed E-state index contributed by atoms with van der Waals surface area (Å²) in [7, 11) is 1.33. The zero-order chi connectivity index (χ0) is 22.2. The number of esters is 1. The van der Waals surface area contributed by atoms with E-state index >= 15 is 0 Å². The Morgan fingerprint density at radius 1 is 1.03 bits per heavy atom. The molecule has 0 unspecified atom stereocenters. The van der Waals surface area contributed by atoms with E-state index in [1.807, 2.05) is 0 Å². The summed E-state index contributed by atoms with van der Waals surface area (Å²) in [5.41, 5.74) is -0.0628. The van der Waals surface area contributed by atoms with Crippen molar-refractivity contribution in [3.05, 3.63) is 58.1 Å². The number of carbonyl (C=O) groups is 4. The quantitative estimate of drug-likeness (QED) is 0.528. The summed E-state index contributed by atoms with van der Waals surface area (Å²) in [6.45, 7) is 4.76. The smallest absolute Gasteiger partial charge is 0.342 e. The van der Waals surface area contributed by atoms with Gasteiger partial charge >= 0.3 is 5.97 Å². The van der Waals surface area contributed by atoms with Gasteiger partial charge in [0, 0.05) is 11.5 Å². The summed E-state index contributed by atoms with van der Waals surface area (Å²) < 4.78 is 10.3. The molecule has 1 aliphatic rings. The predicted octanol–water partition coefficient (Wildman–Crippen LogP) is 3.92. The lowest BCUT2D eigenvalue weighted by atomic mass is 9.91. The summed E-state index contributed by atoms with van der Waals surface area (Å²) in [6, 6.07) is 9.01. The highest BCUT2D eigenvalue weighted by molar-refractivity contribution is 6.40. The summed E-state index contributed by atoms with van der Waals surface area (Å²) in [4.78, 5) is 50.9.